The maximum Gasteiger partial charge on any atom is 0.239 e. The van der Waals surface area contributed by atoms with Crippen LogP contribution in [0, 0.1) is 0 Å². The number of nitrogen functional groups attached to an aromatic ring is 1. The predicted octanol–water partition coefficient (Wildman–Crippen LogP) is 1.88. The zero-order valence-corrected chi connectivity index (χ0v) is 12.0. The topological polar surface area (TPSA) is 49.6 Å². The summed E-state index contributed by atoms with van der Waals surface area (Å²) in [5.74, 6) is 0.202. The number of hydrogen-bond acceptors (Lipinski definition) is 3. The first-order valence-corrected chi connectivity index (χ1v) is 6.83. The number of nitrogens with two attached hydrogens (primary N) is 1. The summed E-state index contributed by atoms with van der Waals surface area (Å²) < 4.78 is 0. The number of carbonyl (C=O) groups is 1. The number of rotatable bonds is 3. The highest BCUT2D eigenvalue weighted by molar-refractivity contribution is 5.81. The number of likely N-dealkylation sites (tertiary alicyclic amines) is 1. The van der Waals surface area contributed by atoms with Crippen molar-refractivity contribution >= 4 is 11.6 Å². The molecule has 2 N–H and O–H groups in total. The van der Waals surface area contributed by atoms with E-state index in [1.165, 1.54) is 5.56 Å². The first-order valence-electron chi connectivity index (χ1n) is 6.83. The molecule has 0 saturated carbocycles. The quantitative estimate of drug-likeness (QED) is 0.845. The van der Waals surface area contributed by atoms with Gasteiger partial charge in [-0.3, -0.25) is 9.69 Å². The Labute approximate surface area is 115 Å². The van der Waals surface area contributed by atoms with Crippen LogP contribution in [0.15, 0.2) is 24.3 Å². The molecule has 0 bridgehead atoms. The van der Waals surface area contributed by atoms with Gasteiger partial charge in [-0.25, -0.2) is 0 Å². The van der Waals surface area contributed by atoms with Gasteiger partial charge in [0.25, 0.3) is 0 Å². The van der Waals surface area contributed by atoms with Crippen LogP contribution in [0.4, 0.5) is 5.69 Å². The van der Waals surface area contributed by atoms with E-state index in [2.05, 4.69) is 17.9 Å². The lowest BCUT2D eigenvalue weighted by Crippen LogP contribution is -2.43. The van der Waals surface area contributed by atoms with Crippen molar-refractivity contribution < 1.29 is 4.79 Å². The van der Waals surface area contributed by atoms with E-state index in [1.807, 2.05) is 32.3 Å². The van der Waals surface area contributed by atoms with Gasteiger partial charge in [-0.15, -0.1) is 0 Å². The summed E-state index contributed by atoms with van der Waals surface area (Å²) in [4.78, 5) is 16.2. The maximum atomic E-state index is 12.2. The molecule has 0 aromatic heterocycles. The molecule has 1 aliphatic heterocycles. The number of anilines is 1. The largest absolute Gasteiger partial charge is 0.399 e. The second kappa shape index (κ2) is 5.61. The monoisotopic (exact) mass is 261 g/mol. The maximum absolute atomic E-state index is 12.2. The van der Waals surface area contributed by atoms with Gasteiger partial charge in [0.15, 0.2) is 0 Å². The third-order valence-electron chi connectivity index (χ3n) is 3.91. The fourth-order valence-corrected chi connectivity index (χ4v) is 2.83. The van der Waals surface area contributed by atoms with Crippen LogP contribution in [0.5, 0.6) is 0 Å². The highest BCUT2D eigenvalue weighted by Gasteiger charge is 2.34. The summed E-state index contributed by atoms with van der Waals surface area (Å²) >= 11 is 0. The van der Waals surface area contributed by atoms with E-state index in [0.29, 0.717) is 0 Å². The van der Waals surface area contributed by atoms with Crippen LogP contribution in [0.2, 0.25) is 0 Å². The highest BCUT2D eigenvalue weighted by Crippen LogP contribution is 2.30. The third-order valence-corrected chi connectivity index (χ3v) is 3.91. The Morgan fingerprint density at radius 2 is 2.21 bits per heavy atom. The Balaban J connectivity index is 2.18. The average Bonchev–Trinajstić information content (AvgIpc) is 2.85. The third kappa shape index (κ3) is 2.89. The van der Waals surface area contributed by atoms with Crippen molar-refractivity contribution in [3.05, 3.63) is 29.8 Å². The van der Waals surface area contributed by atoms with Gasteiger partial charge in [0.05, 0.1) is 6.04 Å². The standard InChI is InChI=1S/C15H23N3O/c1-11(12-6-4-7-13(16)10-12)18-9-5-8-14(18)15(19)17(2)3/h4,6-7,10-11,14H,5,8-9,16H2,1-3H3. The average molecular weight is 261 g/mol. The Morgan fingerprint density at radius 1 is 1.47 bits per heavy atom. The van der Waals surface area contributed by atoms with Crippen LogP contribution < -0.4 is 5.73 Å². The molecule has 4 nitrogen and oxygen atoms in total. The van der Waals surface area contributed by atoms with E-state index >= 15 is 0 Å². The molecular weight excluding hydrogens is 238 g/mol. The summed E-state index contributed by atoms with van der Waals surface area (Å²) in [6.45, 7) is 3.12. The van der Waals surface area contributed by atoms with Crippen molar-refractivity contribution in [3.8, 4) is 0 Å². The first kappa shape index (κ1) is 13.9. The molecule has 1 saturated heterocycles. The van der Waals surface area contributed by atoms with Crippen molar-refractivity contribution in [1.82, 2.24) is 9.80 Å². The molecule has 2 rings (SSSR count). The van der Waals surface area contributed by atoms with Crippen LogP contribution in [0.25, 0.3) is 0 Å². The van der Waals surface area contributed by atoms with E-state index < -0.39 is 0 Å². The molecule has 1 heterocycles. The minimum Gasteiger partial charge on any atom is -0.399 e. The van der Waals surface area contributed by atoms with Gasteiger partial charge in [0.2, 0.25) is 5.91 Å². The molecule has 1 aliphatic rings. The Kier molecular flexibility index (Phi) is 4.10. The molecule has 19 heavy (non-hydrogen) atoms. The van der Waals surface area contributed by atoms with E-state index in [-0.39, 0.29) is 18.0 Å². The van der Waals surface area contributed by atoms with Gasteiger partial charge >= 0.3 is 0 Å². The van der Waals surface area contributed by atoms with Gasteiger partial charge in [-0.2, -0.15) is 0 Å². The van der Waals surface area contributed by atoms with Gasteiger partial charge in [0, 0.05) is 25.8 Å². The van der Waals surface area contributed by atoms with Crippen LogP contribution in [-0.4, -0.2) is 42.4 Å². The second-order valence-corrected chi connectivity index (χ2v) is 5.47. The summed E-state index contributed by atoms with van der Waals surface area (Å²) in [5.41, 5.74) is 7.80. The zero-order valence-electron chi connectivity index (χ0n) is 12.0. The number of carbonyl (C=O) groups excluding carboxylic acids is 1. The molecule has 2 atom stereocenters. The van der Waals surface area contributed by atoms with Gasteiger partial charge in [0.1, 0.15) is 0 Å². The normalized spacial score (nSPS) is 21.3. The lowest BCUT2D eigenvalue weighted by molar-refractivity contribution is -0.134. The summed E-state index contributed by atoms with van der Waals surface area (Å²) in [6.07, 6.45) is 2.03. The number of amides is 1. The highest BCUT2D eigenvalue weighted by atomic mass is 16.2. The van der Waals surface area contributed by atoms with E-state index in [4.69, 9.17) is 5.73 Å². The van der Waals surface area contributed by atoms with Crippen LogP contribution in [-0.2, 0) is 4.79 Å². The van der Waals surface area contributed by atoms with Crippen molar-refractivity contribution in [2.75, 3.05) is 26.4 Å². The molecule has 2 unspecified atom stereocenters. The predicted molar refractivity (Wildman–Crippen MR) is 77.7 cm³/mol. The molecule has 4 heteroatoms. The van der Waals surface area contributed by atoms with Crippen molar-refractivity contribution in [2.45, 2.75) is 31.8 Å². The Morgan fingerprint density at radius 3 is 2.84 bits per heavy atom. The zero-order chi connectivity index (χ0) is 14.0. The number of benzene rings is 1. The van der Waals surface area contributed by atoms with Gasteiger partial charge in [-0.05, 0) is 44.0 Å². The molecule has 1 aromatic carbocycles. The SMILES string of the molecule is CC(c1cccc(N)c1)N1CCCC1C(=O)N(C)C. The fraction of sp³-hybridized carbons (Fsp3) is 0.533. The lowest BCUT2D eigenvalue weighted by Gasteiger charge is -2.31. The smallest absolute Gasteiger partial charge is 0.239 e. The lowest BCUT2D eigenvalue weighted by atomic mass is 10.0. The van der Waals surface area contributed by atoms with Gasteiger partial charge in [-0.1, -0.05) is 12.1 Å². The minimum absolute atomic E-state index is 0.00595. The molecule has 1 amide bonds. The molecule has 0 radical (unpaired) electrons. The molecular formula is C15H23N3O. The fourth-order valence-electron chi connectivity index (χ4n) is 2.83. The van der Waals surface area contributed by atoms with E-state index in [1.54, 1.807) is 4.90 Å². The van der Waals surface area contributed by atoms with Crippen LogP contribution >= 0.6 is 0 Å². The van der Waals surface area contributed by atoms with Crippen molar-refractivity contribution in [2.24, 2.45) is 0 Å². The Hall–Kier alpha value is -1.55. The molecule has 1 fully saturated rings. The summed E-state index contributed by atoms with van der Waals surface area (Å²) in [5, 5.41) is 0. The van der Waals surface area contributed by atoms with Crippen molar-refractivity contribution in [3.63, 3.8) is 0 Å². The molecule has 0 aliphatic carbocycles. The van der Waals surface area contributed by atoms with Crippen molar-refractivity contribution in [1.29, 1.82) is 0 Å². The van der Waals surface area contributed by atoms with Crippen LogP contribution in [0.1, 0.15) is 31.4 Å². The minimum atomic E-state index is 0.00595. The number of hydrogen-bond donors (Lipinski definition) is 1. The van der Waals surface area contributed by atoms with E-state index in [0.717, 1.165) is 25.1 Å². The van der Waals surface area contributed by atoms with Crippen LogP contribution in [0.3, 0.4) is 0 Å². The first-order chi connectivity index (χ1) is 9.00. The number of nitrogens with zero attached hydrogens (tertiary/aromatic N) is 2. The molecule has 0 spiro atoms. The Bertz CT molecular complexity index is 458. The van der Waals surface area contributed by atoms with Gasteiger partial charge < -0.3 is 10.6 Å². The second-order valence-electron chi connectivity index (χ2n) is 5.47. The molecule has 1 aromatic rings. The summed E-state index contributed by atoms with van der Waals surface area (Å²) in [7, 11) is 3.65. The van der Waals surface area contributed by atoms with E-state index in [9.17, 15) is 4.79 Å². The number of likely N-dealkylation sites (N-methyl/N-ethyl adjacent to an activating group) is 1. The summed E-state index contributed by atoms with van der Waals surface area (Å²) in [6, 6.07) is 8.17. The molecule has 104 valence electrons.